The summed E-state index contributed by atoms with van der Waals surface area (Å²) < 4.78 is 45.4. The largest absolute Gasteiger partial charge is 0.494 e. The van der Waals surface area contributed by atoms with Crippen molar-refractivity contribution in [2.24, 2.45) is 0 Å². The van der Waals surface area contributed by atoms with E-state index in [1.807, 2.05) is 6.92 Å². The fourth-order valence-corrected chi connectivity index (χ4v) is 2.23. The third-order valence-electron chi connectivity index (χ3n) is 3.12. The van der Waals surface area contributed by atoms with Gasteiger partial charge >= 0.3 is 6.18 Å². The van der Waals surface area contributed by atoms with E-state index in [9.17, 15) is 18.0 Å². The summed E-state index contributed by atoms with van der Waals surface area (Å²) in [5, 5.41) is 0.932. The lowest BCUT2D eigenvalue weighted by atomic mass is 10.1. The highest BCUT2D eigenvalue weighted by Crippen LogP contribution is 2.38. The van der Waals surface area contributed by atoms with Crippen molar-refractivity contribution in [2.75, 3.05) is 13.2 Å². The molecular weight excluding hydrogens is 285 g/mol. The zero-order valence-corrected chi connectivity index (χ0v) is 11.6. The van der Waals surface area contributed by atoms with Crippen LogP contribution < -0.4 is 10.2 Å². The molecule has 21 heavy (non-hydrogen) atoms. The van der Waals surface area contributed by atoms with Crippen LogP contribution in [0.1, 0.15) is 31.4 Å². The number of rotatable bonds is 5. The number of nitrogens with one attached hydrogen (secondary N) is 1. The van der Waals surface area contributed by atoms with E-state index in [2.05, 4.69) is 5.43 Å². The molecule has 1 amide bonds. The summed E-state index contributed by atoms with van der Waals surface area (Å²) in [6, 6.07) is 4.04. The minimum atomic E-state index is -4.49. The molecule has 116 valence electrons. The van der Waals surface area contributed by atoms with Crippen LogP contribution in [-0.2, 0) is 4.79 Å². The Hall–Kier alpha value is -1.76. The summed E-state index contributed by atoms with van der Waals surface area (Å²) in [5.74, 6) is -0.00300. The van der Waals surface area contributed by atoms with E-state index < -0.39 is 18.1 Å². The number of carbonyl (C=O) groups excluding carboxylic acids is 1. The minimum absolute atomic E-state index is 0.0308. The van der Waals surface area contributed by atoms with Gasteiger partial charge in [0.05, 0.1) is 6.61 Å². The van der Waals surface area contributed by atoms with Crippen LogP contribution >= 0.6 is 0 Å². The Labute approximate surface area is 120 Å². The third kappa shape index (κ3) is 3.87. The first-order valence-electron chi connectivity index (χ1n) is 6.77. The Morgan fingerprint density at radius 3 is 2.76 bits per heavy atom. The number of ether oxygens (including phenoxy) is 1. The standard InChI is InChI=1S/C14H17F3N2O2/c1-2-8-21-11-5-3-4-10(9-11)13(14(15,16)17)19-7-6-12(20)18-19/h3-5,9,13H,2,6-8H2,1H3,(H,18,20). The molecule has 0 spiro atoms. The SMILES string of the molecule is CCCOc1cccc(C(N2CCC(=O)N2)C(F)(F)F)c1. The van der Waals surface area contributed by atoms with Gasteiger partial charge in [0.25, 0.3) is 0 Å². The van der Waals surface area contributed by atoms with Gasteiger partial charge in [-0.1, -0.05) is 19.1 Å². The minimum Gasteiger partial charge on any atom is -0.494 e. The van der Waals surface area contributed by atoms with Crippen molar-refractivity contribution in [1.82, 2.24) is 10.4 Å². The average molecular weight is 302 g/mol. The number of alkyl halides is 3. The van der Waals surface area contributed by atoms with E-state index in [-0.39, 0.29) is 18.5 Å². The van der Waals surface area contributed by atoms with Crippen molar-refractivity contribution in [3.05, 3.63) is 29.8 Å². The number of hydrogen-bond donors (Lipinski definition) is 1. The number of hydrogen-bond acceptors (Lipinski definition) is 3. The zero-order chi connectivity index (χ0) is 15.5. The smallest absolute Gasteiger partial charge is 0.409 e. The molecule has 1 fully saturated rings. The van der Waals surface area contributed by atoms with Gasteiger partial charge in [0, 0.05) is 13.0 Å². The maximum absolute atomic E-state index is 13.3. The van der Waals surface area contributed by atoms with Gasteiger partial charge in [-0.3, -0.25) is 10.2 Å². The number of halogens is 3. The number of amides is 1. The van der Waals surface area contributed by atoms with Crippen LogP contribution in [0.15, 0.2) is 24.3 Å². The van der Waals surface area contributed by atoms with Gasteiger partial charge in [-0.05, 0) is 24.1 Å². The Balaban J connectivity index is 2.26. The second kappa shape index (κ2) is 6.34. The lowest BCUT2D eigenvalue weighted by Crippen LogP contribution is -2.43. The second-order valence-electron chi connectivity index (χ2n) is 4.84. The van der Waals surface area contributed by atoms with E-state index >= 15 is 0 Å². The average Bonchev–Trinajstić information content (AvgIpc) is 2.81. The molecule has 4 nitrogen and oxygen atoms in total. The highest BCUT2D eigenvalue weighted by Gasteiger charge is 2.46. The van der Waals surface area contributed by atoms with Crippen LogP contribution in [0.3, 0.4) is 0 Å². The third-order valence-corrected chi connectivity index (χ3v) is 3.12. The van der Waals surface area contributed by atoms with Crippen molar-refractivity contribution in [3.8, 4) is 5.75 Å². The van der Waals surface area contributed by atoms with Crippen molar-refractivity contribution < 1.29 is 22.7 Å². The highest BCUT2D eigenvalue weighted by molar-refractivity contribution is 5.77. The fourth-order valence-electron chi connectivity index (χ4n) is 2.23. The molecule has 1 saturated heterocycles. The van der Waals surface area contributed by atoms with Crippen LogP contribution in [-0.4, -0.2) is 30.2 Å². The number of carbonyl (C=O) groups is 1. The number of nitrogens with zero attached hydrogens (tertiary/aromatic N) is 1. The van der Waals surface area contributed by atoms with E-state index in [1.54, 1.807) is 6.07 Å². The molecule has 1 unspecified atom stereocenters. The van der Waals surface area contributed by atoms with Gasteiger partial charge in [-0.2, -0.15) is 13.2 Å². The molecule has 1 atom stereocenters. The number of hydrazine groups is 1. The lowest BCUT2D eigenvalue weighted by molar-refractivity contribution is -0.191. The Bertz CT molecular complexity index is 505. The van der Waals surface area contributed by atoms with E-state index in [4.69, 9.17) is 4.74 Å². The van der Waals surface area contributed by atoms with Gasteiger partial charge in [0.2, 0.25) is 5.91 Å². The van der Waals surface area contributed by atoms with Gasteiger partial charge in [-0.15, -0.1) is 0 Å². The van der Waals surface area contributed by atoms with Gasteiger partial charge in [-0.25, -0.2) is 5.01 Å². The van der Waals surface area contributed by atoms with Crippen LogP contribution in [0.4, 0.5) is 13.2 Å². The van der Waals surface area contributed by atoms with Crippen LogP contribution in [0, 0.1) is 0 Å². The predicted molar refractivity (Wildman–Crippen MR) is 70.5 cm³/mol. The molecular formula is C14H17F3N2O2. The Morgan fingerprint density at radius 1 is 1.43 bits per heavy atom. The lowest BCUT2D eigenvalue weighted by Gasteiger charge is -2.29. The van der Waals surface area contributed by atoms with Gasteiger partial charge in [0.1, 0.15) is 11.8 Å². The van der Waals surface area contributed by atoms with Crippen molar-refractivity contribution >= 4 is 5.91 Å². The van der Waals surface area contributed by atoms with E-state index in [0.717, 1.165) is 11.4 Å². The van der Waals surface area contributed by atoms with Crippen molar-refractivity contribution in [3.63, 3.8) is 0 Å². The van der Waals surface area contributed by atoms with Crippen LogP contribution in [0.5, 0.6) is 5.75 Å². The molecule has 1 aliphatic heterocycles. The molecule has 1 N–H and O–H groups in total. The molecule has 1 aromatic carbocycles. The highest BCUT2D eigenvalue weighted by atomic mass is 19.4. The predicted octanol–water partition coefficient (Wildman–Crippen LogP) is 2.82. The normalized spacial score (nSPS) is 17.6. The molecule has 7 heteroatoms. The second-order valence-corrected chi connectivity index (χ2v) is 4.84. The monoisotopic (exact) mass is 302 g/mol. The summed E-state index contributed by atoms with van der Waals surface area (Å²) in [6.07, 6.45) is -3.64. The maximum atomic E-state index is 13.3. The van der Waals surface area contributed by atoms with Crippen LogP contribution in [0.2, 0.25) is 0 Å². The zero-order valence-electron chi connectivity index (χ0n) is 11.6. The molecule has 0 bridgehead atoms. The molecule has 1 aromatic rings. The summed E-state index contributed by atoms with van der Waals surface area (Å²) in [7, 11) is 0. The quantitative estimate of drug-likeness (QED) is 0.909. The summed E-state index contributed by atoms with van der Waals surface area (Å²) in [4.78, 5) is 11.2. The maximum Gasteiger partial charge on any atom is 0.409 e. The molecule has 1 heterocycles. The van der Waals surface area contributed by atoms with Gasteiger partial charge in [0.15, 0.2) is 0 Å². The summed E-state index contributed by atoms with van der Waals surface area (Å²) in [6.45, 7) is 2.39. The molecule has 2 rings (SSSR count). The van der Waals surface area contributed by atoms with Crippen molar-refractivity contribution in [1.29, 1.82) is 0 Å². The molecule has 0 radical (unpaired) electrons. The van der Waals surface area contributed by atoms with Gasteiger partial charge < -0.3 is 4.74 Å². The van der Waals surface area contributed by atoms with E-state index in [0.29, 0.717) is 12.4 Å². The summed E-state index contributed by atoms with van der Waals surface area (Å²) in [5.41, 5.74) is 2.31. The molecule has 0 saturated carbocycles. The topological polar surface area (TPSA) is 41.6 Å². The van der Waals surface area contributed by atoms with Crippen molar-refractivity contribution in [2.45, 2.75) is 32.0 Å². The molecule has 0 aliphatic carbocycles. The molecule has 0 aromatic heterocycles. The Morgan fingerprint density at radius 2 is 2.19 bits per heavy atom. The fraction of sp³-hybridized carbons (Fsp3) is 0.500. The first-order chi connectivity index (χ1) is 9.91. The summed E-state index contributed by atoms with van der Waals surface area (Å²) >= 11 is 0. The first-order valence-corrected chi connectivity index (χ1v) is 6.77. The molecule has 1 aliphatic rings. The van der Waals surface area contributed by atoms with E-state index in [1.165, 1.54) is 18.2 Å². The number of benzene rings is 1. The van der Waals surface area contributed by atoms with Crippen LogP contribution in [0.25, 0.3) is 0 Å². The Kier molecular flexibility index (Phi) is 4.72. The first kappa shape index (κ1) is 15.6.